The van der Waals surface area contributed by atoms with E-state index in [4.69, 9.17) is 64.3 Å². The summed E-state index contributed by atoms with van der Waals surface area (Å²) in [6.45, 7) is 9.91. The van der Waals surface area contributed by atoms with Crippen molar-refractivity contribution in [3.8, 4) is 17.2 Å². The molecule has 0 saturated carbocycles. The van der Waals surface area contributed by atoms with Gasteiger partial charge in [0.2, 0.25) is 0 Å². The molecule has 19 heteroatoms. The first-order valence-electron chi connectivity index (χ1n) is 20.7. The van der Waals surface area contributed by atoms with Crippen molar-refractivity contribution in [2.75, 3.05) is 33.0 Å². The average molecular weight is 924 g/mol. The summed E-state index contributed by atoms with van der Waals surface area (Å²) in [6.07, 6.45) is 9.00. The summed E-state index contributed by atoms with van der Waals surface area (Å²) in [7, 11) is 3.05. The fraction of sp³-hybridized carbons (Fsp3) is 0.304. The fourth-order valence-corrected chi connectivity index (χ4v) is 8.15. The van der Waals surface area contributed by atoms with Crippen LogP contribution in [-0.2, 0) is 11.1 Å². The molecule has 5 heterocycles. The summed E-state index contributed by atoms with van der Waals surface area (Å²) in [5.41, 5.74) is 11.9. The molecule has 4 aromatic carbocycles. The van der Waals surface area contributed by atoms with Crippen LogP contribution in [0.3, 0.4) is 0 Å². The Labute approximate surface area is 385 Å². The molecule has 0 unspecified atom stereocenters. The maximum atomic E-state index is 13.9. The molecular formula is C46H52Cl2N12O5. The number of halogens is 2. The van der Waals surface area contributed by atoms with Crippen molar-refractivity contribution in [2.45, 2.75) is 64.5 Å². The van der Waals surface area contributed by atoms with Crippen LogP contribution in [0, 0.1) is 24.7 Å². The van der Waals surface area contributed by atoms with Crippen LogP contribution in [0.4, 0.5) is 5.69 Å². The first-order valence-corrected chi connectivity index (χ1v) is 21.4. The number of benzene rings is 4. The molecule has 8 N–H and O–H groups in total. The Kier molecular flexibility index (Phi) is 14.9. The van der Waals surface area contributed by atoms with Crippen LogP contribution >= 0.6 is 23.2 Å². The highest BCUT2D eigenvalue weighted by Gasteiger charge is 2.44. The molecule has 2 aliphatic rings. The second-order valence-electron chi connectivity index (χ2n) is 15.8. The van der Waals surface area contributed by atoms with Gasteiger partial charge in [0.05, 0.1) is 76.6 Å². The van der Waals surface area contributed by atoms with Gasteiger partial charge in [-0.3, -0.25) is 4.79 Å². The number of hydrogen-bond donors (Lipinski definition) is 7. The molecule has 2 fully saturated rings. The third kappa shape index (κ3) is 10.1. The third-order valence-corrected chi connectivity index (χ3v) is 12.4. The van der Waals surface area contributed by atoms with Gasteiger partial charge in [0.25, 0.3) is 5.91 Å². The summed E-state index contributed by atoms with van der Waals surface area (Å²) in [4.78, 5) is 44.2. The number of carboxylic acid groups (broad SMARTS) is 1. The van der Waals surface area contributed by atoms with E-state index in [0.29, 0.717) is 34.3 Å². The first-order chi connectivity index (χ1) is 31.1. The molecule has 7 aromatic rings. The molecule has 9 rings (SSSR count). The summed E-state index contributed by atoms with van der Waals surface area (Å²) >= 11 is 12.4. The van der Waals surface area contributed by atoms with Gasteiger partial charge in [0.1, 0.15) is 23.1 Å². The van der Waals surface area contributed by atoms with E-state index in [9.17, 15) is 9.59 Å². The van der Waals surface area contributed by atoms with Crippen LogP contribution in [0.1, 0.15) is 83.0 Å². The number of rotatable bonds is 8. The lowest BCUT2D eigenvalue weighted by Gasteiger charge is -2.34. The number of anilines is 1. The largest absolute Gasteiger partial charge is 0.497 e. The number of H-pyrrole nitrogens is 2. The molecule has 1 amide bonds. The van der Waals surface area contributed by atoms with Gasteiger partial charge in [0.15, 0.2) is 0 Å². The molecule has 340 valence electrons. The summed E-state index contributed by atoms with van der Waals surface area (Å²) in [6, 6.07) is 17.5. The van der Waals surface area contributed by atoms with Crippen molar-refractivity contribution in [1.29, 1.82) is 10.8 Å². The van der Waals surface area contributed by atoms with Gasteiger partial charge in [-0.15, -0.1) is 0 Å². The molecule has 2 saturated heterocycles. The number of aromatic nitrogens is 7. The van der Waals surface area contributed by atoms with E-state index in [1.807, 2.05) is 43.0 Å². The number of imidazole rings is 2. The number of nitrogens with two attached hydrogens (primary N) is 1. The Morgan fingerprint density at radius 2 is 1.35 bits per heavy atom. The zero-order valence-corrected chi connectivity index (χ0v) is 38.4. The van der Waals surface area contributed by atoms with Gasteiger partial charge in [-0.1, -0.05) is 23.2 Å². The zero-order valence-electron chi connectivity index (χ0n) is 36.9. The van der Waals surface area contributed by atoms with E-state index in [1.165, 1.54) is 30.5 Å². The molecule has 0 aliphatic carbocycles. The summed E-state index contributed by atoms with van der Waals surface area (Å²) < 4.78 is 10.2. The van der Waals surface area contributed by atoms with E-state index >= 15 is 0 Å². The van der Waals surface area contributed by atoms with Gasteiger partial charge >= 0.3 is 5.97 Å². The lowest BCUT2D eigenvalue weighted by molar-refractivity contribution is 0.0604. The number of aryl methyl sites for hydroxylation is 2. The smallest absolute Gasteiger partial charge is 0.337 e. The number of nitrogen functional groups attached to an aromatic ring is 1. The van der Waals surface area contributed by atoms with E-state index in [2.05, 4.69) is 39.3 Å². The maximum absolute atomic E-state index is 13.9. The fourth-order valence-electron chi connectivity index (χ4n) is 7.84. The molecule has 0 radical (unpaired) electrons. The van der Waals surface area contributed by atoms with Gasteiger partial charge in [-0.25, -0.2) is 14.8 Å². The number of carboxylic acids is 1. The maximum Gasteiger partial charge on any atom is 0.337 e. The van der Waals surface area contributed by atoms with Crippen LogP contribution in [0.25, 0.3) is 27.8 Å². The van der Waals surface area contributed by atoms with E-state index in [0.717, 1.165) is 88.1 Å². The highest BCUT2D eigenvalue weighted by Crippen LogP contribution is 2.40. The lowest BCUT2D eigenvalue weighted by atomic mass is 9.97. The number of fused-ring (bicyclic) bond motifs is 2. The Morgan fingerprint density at radius 3 is 1.89 bits per heavy atom. The zero-order chi connectivity index (χ0) is 47.1. The third-order valence-electron chi connectivity index (χ3n) is 11.6. The minimum atomic E-state index is -1.05. The highest BCUT2D eigenvalue weighted by molar-refractivity contribution is 6.32. The van der Waals surface area contributed by atoms with Crippen molar-refractivity contribution in [3.05, 3.63) is 117 Å². The number of carbonyl (C=O) groups excluding carboxylic acids is 1. The Hall–Kier alpha value is -6.82. The van der Waals surface area contributed by atoms with Crippen molar-refractivity contribution in [1.82, 2.24) is 45.1 Å². The predicted molar refractivity (Wildman–Crippen MR) is 254 cm³/mol. The monoisotopic (exact) mass is 922 g/mol. The number of ether oxygens (including phenoxy) is 2. The van der Waals surface area contributed by atoms with Crippen molar-refractivity contribution < 1.29 is 24.2 Å². The topological polar surface area (TPSA) is 250 Å². The van der Waals surface area contributed by atoms with Crippen molar-refractivity contribution >= 4 is 75.3 Å². The van der Waals surface area contributed by atoms with Gasteiger partial charge < -0.3 is 51.3 Å². The number of methoxy groups -OCH3 is 2. The molecule has 2 aliphatic heterocycles. The first kappa shape index (κ1) is 47.7. The van der Waals surface area contributed by atoms with Crippen LogP contribution < -0.4 is 20.5 Å². The number of carbonyl (C=O) groups is 2. The predicted octanol–water partition coefficient (Wildman–Crippen LogP) is 8.65. The normalized spacial score (nSPS) is 17.6. The van der Waals surface area contributed by atoms with Crippen LogP contribution in [0.15, 0.2) is 73.1 Å². The minimum Gasteiger partial charge on any atom is -0.497 e. The summed E-state index contributed by atoms with van der Waals surface area (Å²) in [5, 5.41) is 34.2. The lowest BCUT2D eigenvalue weighted by Crippen LogP contribution is -2.44. The van der Waals surface area contributed by atoms with Gasteiger partial charge in [-0.2, -0.15) is 15.0 Å². The number of nitrogens with zero attached hydrogens (tertiary/aromatic N) is 6. The minimum absolute atomic E-state index is 0.0159. The average Bonchev–Trinajstić information content (AvgIpc) is 4.18. The quantitative estimate of drug-likeness (QED) is 0.0561. The number of aromatic amines is 2. The Balaban J connectivity index is 0.000000176. The SMILES string of the molecule is COc1ccc(-n2nccn2)c(C(=O)N2CCC[C@@]2(C)c2nc3c(C)c(Cl)ccc3[nH]2)c1.COc1ccc(N)c(C(=O)O)c1.Cc1c(Cl)ccc2[nH]c([C@]3(C)CCCN3)nc12.N=CC=N. The van der Waals surface area contributed by atoms with E-state index < -0.39 is 11.5 Å². The molecule has 65 heavy (non-hydrogen) atoms. The number of aromatic carboxylic acids is 1. The number of amides is 1. The van der Waals surface area contributed by atoms with E-state index in [-0.39, 0.29) is 22.7 Å². The highest BCUT2D eigenvalue weighted by atomic mass is 35.5. The van der Waals surface area contributed by atoms with Crippen LogP contribution in [0.5, 0.6) is 11.5 Å². The van der Waals surface area contributed by atoms with E-state index in [1.54, 1.807) is 43.8 Å². The summed E-state index contributed by atoms with van der Waals surface area (Å²) in [5.74, 6) is 1.69. The van der Waals surface area contributed by atoms with Crippen LogP contribution in [-0.4, -0.2) is 96.6 Å². The second-order valence-corrected chi connectivity index (χ2v) is 16.6. The standard InChI is InChI=1S/C23H23ClN6O2.C13H16ClN3.C8H9NO3.C2H4N2/c1-14-17(24)6-7-18-20(14)28-22(27-18)23(2)9-4-12-29(23)21(31)16-13-15(32-3)5-8-19(16)30-25-10-11-26-30;1-8-9(14)4-5-10-11(8)17-12(16-10)13(2)6-3-7-15-13;1-12-5-2-3-7(9)6(4-5)8(10)11;3-1-2-4/h5-8,10-11,13H,4,9,12H2,1-3H3,(H,27,28);4-5,15H,3,6-7H2,1-2H3,(H,16,17);2-4H,9H2,1H3,(H,10,11);1-4H/t23-;13-;;/m00../s1. The molecular weight excluding hydrogens is 871 g/mol. The van der Waals surface area contributed by atoms with Gasteiger partial charge in [-0.05, 0) is 132 Å². The number of nitrogens with one attached hydrogen (secondary N) is 5. The second kappa shape index (κ2) is 20.3. The van der Waals surface area contributed by atoms with Crippen molar-refractivity contribution in [2.24, 2.45) is 0 Å². The number of likely N-dealkylation sites (tertiary alicyclic amines) is 1. The Bertz CT molecular complexity index is 2830. The molecule has 0 spiro atoms. The Morgan fingerprint density at radius 1 is 0.800 bits per heavy atom. The number of hydrogen-bond acceptors (Lipinski definition) is 12. The van der Waals surface area contributed by atoms with Crippen molar-refractivity contribution in [3.63, 3.8) is 0 Å². The van der Waals surface area contributed by atoms with Gasteiger partial charge in [0, 0.05) is 34.7 Å². The molecule has 0 bridgehead atoms. The molecule has 2 atom stereocenters. The van der Waals surface area contributed by atoms with Crippen LogP contribution in [0.2, 0.25) is 10.0 Å². The molecule has 17 nitrogen and oxygen atoms in total. The molecule has 3 aromatic heterocycles.